The summed E-state index contributed by atoms with van der Waals surface area (Å²) in [6, 6.07) is 0. The van der Waals surface area contributed by atoms with Gasteiger partial charge in [0.15, 0.2) is 0 Å². The van der Waals surface area contributed by atoms with Crippen LogP contribution in [-0.4, -0.2) is 50.7 Å². The molecular weight excluding hydrogens is 204 g/mol. The van der Waals surface area contributed by atoms with Gasteiger partial charge in [0.1, 0.15) is 0 Å². The first-order valence-corrected chi connectivity index (χ1v) is 5.78. The van der Waals surface area contributed by atoms with E-state index in [-0.39, 0.29) is 24.0 Å². The van der Waals surface area contributed by atoms with Gasteiger partial charge in [-0.2, -0.15) is 0 Å². The van der Waals surface area contributed by atoms with Gasteiger partial charge in [-0.3, -0.25) is 4.79 Å². The number of nitrogens with zero attached hydrogens (tertiary/aromatic N) is 1. The minimum Gasteiger partial charge on any atom is -0.462 e. The van der Waals surface area contributed by atoms with E-state index in [9.17, 15) is 4.79 Å². The van der Waals surface area contributed by atoms with Crippen molar-refractivity contribution in [3.05, 3.63) is 0 Å². The number of rotatable bonds is 7. The zero-order valence-corrected chi connectivity index (χ0v) is 11.5. The van der Waals surface area contributed by atoms with Crippen LogP contribution in [0.25, 0.3) is 0 Å². The van der Waals surface area contributed by atoms with Crippen LogP contribution >= 0.6 is 0 Å². The van der Waals surface area contributed by atoms with Crippen molar-refractivity contribution in [1.82, 2.24) is 10.2 Å². The van der Waals surface area contributed by atoms with Gasteiger partial charge in [0.05, 0.1) is 12.6 Å². The summed E-state index contributed by atoms with van der Waals surface area (Å²) in [7, 11) is 4.10. The molecular formula is C12H26N2O2. The van der Waals surface area contributed by atoms with E-state index in [0.717, 1.165) is 13.1 Å². The molecule has 0 aliphatic heterocycles. The maximum Gasteiger partial charge on any atom is 0.320 e. The third-order valence-corrected chi connectivity index (χ3v) is 1.98. The molecule has 0 aromatic heterocycles. The van der Waals surface area contributed by atoms with Gasteiger partial charge in [-0.05, 0) is 33.4 Å². The Morgan fingerprint density at radius 2 is 1.94 bits per heavy atom. The number of carbonyl (C=O) groups excluding carboxylic acids is 1. The zero-order chi connectivity index (χ0) is 12.8. The lowest BCUT2D eigenvalue weighted by molar-refractivity contribution is -0.146. The predicted molar refractivity (Wildman–Crippen MR) is 66.4 cm³/mol. The quantitative estimate of drug-likeness (QED) is 0.665. The molecule has 0 aliphatic rings. The normalized spacial score (nSPS) is 12.2. The Kier molecular flexibility index (Phi) is 6.60. The predicted octanol–water partition coefficient (Wildman–Crippen LogP) is 1.12. The highest BCUT2D eigenvalue weighted by molar-refractivity contribution is 5.71. The summed E-state index contributed by atoms with van der Waals surface area (Å²) in [5.74, 6) is -0.185. The molecule has 0 radical (unpaired) electrons. The number of nitrogens with one attached hydrogen (secondary N) is 1. The molecule has 0 amide bonds. The topological polar surface area (TPSA) is 41.6 Å². The Morgan fingerprint density at radius 3 is 2.38 bits per heavy atom. The second kappa shape index (κ2) is 6.86. The standard InChI is InChI=1S/C12H26N2O2/c1-10(2)16-11(15)7-13-8-12(3,4)9-14(5)6/h10,13H,7-9H2,1-6H3. The highest BCUT2D eigenvalue weighted by Gasteiger charge is 2.18. The van der Waals surface area contributed by atoms with Crippen molar-refractivity contribution >= 4 is 5.97 Å². The van der Waals surface area contributed by atoms with Crippen LogP contribution in [0.15, 0.2) is 0 Å². The van der Waals surface area contributed by atoms with Crippen LogP contribution in [0.2, 0.25) is 0 Å². The lowest BCUT2D eigenvalue weighted by Crippen LogP contribution is -2.39. The van der Waals surface area contributed by atoms with Crippen LogP contribution in [0.4, 0.5) is 0 Å². The Labute approximate surface area is 99.3 Å². The molecule has 0 saturated heterocycles. The second-order valence-corrected chi connectivity index (χ2v) is 5.54. The third kappa shape index (κ3) is 8.68. The van der Waals surface area contributed by atoms with Crippen LogP contribution in [0, 0.1) is 5.41 Å². The summed E-state index contributed by atoms with van der Waals surface area (Å²) < 4.78 is 5.03. The van der Waals surface area contributed by atoms with Crippen LogP contribution in [0.1, 0.15) is 27.7 Å². The highest BCUT2D eigenvalue weighted by Crippen LogP contribution is 2.13. The van der Waals surface area contributed by atoms with E-state index < -0.39 is 0 Å². The molecule has 0 rings (SSSR count). The van der Waals surface area contributed by atoms with E-state index in [2.05, 4.69) is 38.2 Å². The molecule has 0 bridgehead atoms. The highest BCUT2D eigenvalue weighted by atomic mass is 16.5. The van der Waals surface area contributed by atoms with Crippen molar-refractivity contribution in [2.24, 2.45) is 5.41 Å². The molecule has 0 fully saturated rings. The summed E-state index contributed by atoms with van der Waals surface area (Å²) in [6.07, 6.45) is -0.0379. The summed E-state index contributed by atoms with van der Waals surface area (Å²) in [5.41, 5.74) is 0.154. The number of carbonyl (C=O) groups is 1. The smallest absolute Gasteiger partial charge is 0.320 e. The molecule has 96 valence electrons. The first-order chi connectivity index (χ1) is 7.23. The Morgan fingerprint density at radius 1 is 1.38 bits per heavy atom. The lowest BCUT2D eigenvalue weighted by Gasteiger charge is -2.28. The molecule has 0 heterocycles. The van der Waals surface area contributed by atoms with Gasteiger partial charge in [0, 0.05) is 13.1 Å². The summed E-state index contributed by atoms with van der Waals surface area (Å²) in [6.45, 7) is 10.1. The van der Waals surface area contributed by atoms with E-state index in [1.165, 1.54) is 0 Å². The van der Waals surface area contributed by atoms with Crippen LogP contribution in [-0.2, 0) is 9.53 Å². The van der Waals surface area contributed by atoms with Gasteiger partial charge in [0.25, 0.3) is 0 Å². The fourth-order valence-corrected chi connectivity index (χ4v) is 1.72. The molecule has 0 aliphatic carbocycles. The van der Waals surface area contributed by atoms with E-state index >= 15 is 0 Å². The van der Waals surface area contributed by atoms with Crippen LogP contribution in [0.3, 0.4) is 0 Å². The number of esters is 1. The largest absolute Gasteiger partial charge is 0.462 e. The van der Waals surface area contributed by atoms with Gasteiger partial charge in [-0.15, -0.1) is 0 Å². The van der Waals surface area contributed by atoms with Gasteiger partial charge in [-0.25, -0.2) is 0 Å². The van der Waals surface area contributed by atoms with E-state index in [0.29, 0.717) is 0 Å². The molecule has 0 spiro atoms. The first kappa shape index (κ1) is 15.4. The second-order valence-electron chi connectivity index (χ2n) is 5.54. The molecule has 0 aromatic rings. The fourth-order valence-electron chi connectivity index (χ4n) is 1.72. The van der Waals surface area contributed by atoms with Crippen molar-refractivity contribution in [2.75, 3.05) is 33.7 Å². The van der Waals surface area contributed by atoms with E-state index in [1.807, 2.05) is 13.8 Å². The fraction of sp³-hybridized carbons (Fsp3) is 0.917. The monoisotopic (exact) mass is 230 g/mol. The summed E-state index contributed by atoms with van der Waals surface area (Å²) in [4.78, 5) is 13.4. The van der Waals surface area contributed by atoms with Gasteiger partial charge >= 0.3 is 5.97 Å². The van der Waals surface area contributed by atoms with Crippen LogP contribution in [0.5, 0.6) is 0 Å². The minimum absolute atomic E-state index is 0.0379. The molecule has 16 heavy (non-hydrogen) atoms. The SMILES string of the molecule is CC(C)OC(=O)CNCC(C)(C)CN(C)C. The van der Waals surface area contributed by atoms with Crippen molar-refractivity contribution in [1.29, 1.82) is 0 Å². The minimum atomic E-state index is -0.185. The lowest BCUT2D eigenvalue weighted by atomic mass is 9.93. The van der Waals surface area contributed by atoms with Gasteiger partial charge in [-0.1, -0.05) is 13.8 Å². The van der Waals surface area contributed by atoms with Crippen molar-refractivity contribution in [2.45, 2.75) is 33.8 Å². The van der Waals surface area contributed by atoms with Crippen molar-refractivity contribution in [3.63, 3.8) is 0 Å². The average molecular weight is 230 g/mol. The van der Waals surface area contributed by atoms with Crippen LogP contribution < -0.4 is 5.32 Å². The maximum atomic E-state index is 11.3. The van der Waals surface area contributed by atoms with E-state index in [1.54, 1.807) is 0 Å². The van der Waals surface area contributed by atoms with Crippen molar-refractivity contribution in [3.8, 4) is 0 Å². The molecule has 1 N–H and O–H groups in total. The molecule has 0 atom stereocenters. The van der Waals surface area contributed by atoms with Crippen molar-refractivity contribution < 1.29 is 9.53 Å². The Bertz CT molecular complexity index is 213. The molecule has 4 heteroatoms. The summed E-state index contributed by atoms with van der Waals surface area (Å²) >= 11 is 0. The molecule has 0 unspecified atom stereocenters. The van der Waals surface area contributed by atoms with Gasteiger partial charge in [0.2, 0.25) is 0 Å². The number of ether oxygens (including phenoxy) is 1. The third-order valence-electron chi connectivity index (χ3n) is 1.98. The summed E-state index contributed by atoms with van der Waals surface area (Å²) in [5, 5.41) is 3.13. The van der Waals surface area contributed by atoms with Gasteiger partial charge < -0.3 is 15.0 Å². The number of hydrogen-bond acceptors (Lipinski definition) is 4. The first-order valence-electron chi connectivity index (χ1n) is 5.78. The molecule has 0 saturated carbocycles. The Balaban J connectivity index is 3.76. The molecule has 0 aromatic carbocycles. The molecule has 4 nitrogen and oxygen atoms in total. The maximum absolute atomic E-state index is 11.3. The van der Waals surface area contributed by atoms with E-state index in [4.69, 9.17) is 4.74 Å². The Hall–Kier alpha value is -0.610. The average Bonchev–Trinajstić information content (AvgIpc) is 1.98. The zero-order valence-electron chi connectivity index (χ0n) is 11.5. The number of hydrogen-bond donors (Lipinski definition) is 1.